The van der Waals surface area contributed by atoms with Gasteiger partial charge >= 0.3 is 0 Å². The lowest BCUT2D eigenvalue weighted by molar-refractivity contribution is 0.597. The van der Waals surface area contributed by atoms with Crippen molar-refractivity contribution in [2.45, 2.75) is 11.3 Å². The van der Waals surface area contributed by atoms with Crippen molar-refractivity contribution in [2.24, 2.45) is 0 Å². The number of rotatable bonds is 4. The molecule has 2 aromatic rings. The van der Waals surface area contributed by atoms with E-state index in [1.807, 2.05) is 0 Å². The lowest BCUT2D eigenvalue weighted by Gasteiger charge is -2.17. The molecule has 0 aliphatic carbocycles. The van der Waals surface area contributed by atoms with E-state index in [0.717, 1.165) is 18.0 Å². The Morgan fingerprint density at radius 3 is 2.54 bits per heavy atom. The Balaban J connectivity index is 1.93. The summed E-state index contributed by atoms with van der Waals surface area (Å²) in [5.74, 6) is 0. The van der Waals surface area contributed by atoms with Gasteiger partial charge in [0.05, 0.1) is 17.6 Å². The SMILES string of the molecule is CS(=O)(=O)N1CCc2ccc(NS(=O)(=O)c3ccc(Cl)nc3)cc21. The Hall–Kier alpha value is -1.84. The fourth-order valence-corrected chi connectivity index (χ4v) is 4.55. The second-order valence-electron chi connectivity index (χ2n) is 5.35. The number of sulfonamides is 2. The normalized spacial score (nSPS) is 14.5. The summed E-state index contributed by atoms with van der Waals surface area (Å²) in [7, 11) is -7.24. The van der Waals surface area contributed by atoms with Gasteiger partial charge < -0.3 is 0 Å². The average molecular weight is 388 g/mol. The molecular formula is C14H14ClN3O4S2. The lowest BCUT2D eigenvalue weighted by Crippen LogP contribution is -2.27. The predicted molar refractivity (Wildman–Crippen MR) is 92.4 cm³/mol. The zero-order valence-electron chi connectivity index (χ0n) is 12.6. The van der Waals surface area contributed by atoms with Crippen LogP contribution in [0.15, 0.2) is 41.4 Å². The molecule has 2 heterocycles. The van der Waals surface area contributed by atoms with Crippen LogP contribution >= 0.6 is 11.6 Å². The van der Waals surface area contributed by atoms with Gasteiger partial charge in [0, 0.05) is 12.7 Å². The monoisotopic (exact) mass is 387 g/mol. The first-order chi connectivity index (χ1) is 11.2. The number of halogens is 1. The van der Waals surface area contributed by atoms with Crippen molar-refractivity contribution >= 4 is 43.0 Å². The van der Waals surface area contributed by atoms with E-state index in [4.69, 9.17) is 11.6 Å². The summed E-state index contributed by atoms with van der Waals surface area (Å²) in [5.41, 5.74) is 1.63. The minimum Gasteiger partial charge on any atom is -0.280 e. The predicted octanol–water partition coefficient (Wildman–Crippen LogP) is 1.86. The molecule has 3 rings (SSSR count). The Kier molecular flexibility index (Phi) is 4.18. The van der Waals surface area contributed by atoms with E-state index < -0.39 is 20.0 Å². The first kappa shape index (κ1) is 17.0. The number of hydrogen-bond donors (Lipinski definition) is 1. The van der Waals surface area contributed by atoms with Crippen LogP contribution in [0.1, 0.15) is 5.56 Å². The zero-order chi connectivity index (χ0) is 17.5. The molecule has 1 aromatic carbocycles. The highest BCUT2D eigenvalue weighted by atomic mass is 35.5. The highest BCUT2D eigenvalue weighted by molar-refractivity contribution is 7.92. The molecule has 0 atom stereocenters. The first-order valence-corrected chi connectivity index (χ1v) is 10.6. The van der Waals surface area contributed by atoms with Crippen molar-refractivity contribution in [3.8, 4) is 0 Å². The van der Waals surface area contributed by atoms with Gasteiger partial charge in [-0.3, -0.25) is 9.03 Å². The number of nitrogens with zero attached hydrogens (tertiary/aromatic N) is 2. The van der Waals surface area contributed by atoms with Gasteiger partial charge in [0.25, 0.3) is 10.0 Å². The number of aromatic nitrogens is 1. The third-order valence-electron chi connectivity index (χ3n) is 3.60. The van der Waals surface area contributed by atoms with Crippen LogP contribution in [0.5, 0.6) is 0 Å². The Labute approximate surface area is 145 Å². The molecule has 1 aliphatic heterocycles. The van der Waals surface area contributed by atoms with Crippen molar-refractivity contribution in [3.05, 3.63) is 47.2 Å². The van der Waals surface area contributed by atoms with Gasteiger partial charge in [0.1, 0.15) is 10.0 Å². The summed E-state index contributed by atoms with van der Waals surface area (Å²) in [6.45, 7) is 0.353. The Morgan fingerprint density at radius 1 is 1.17 bits per heavy atom. The molecule has 0 saturated carbocycles. The molecule has 0 fully saturated rings. The maximum atomic E-state index is 12.4. The van der Waals surface area contributed by atoms with Crippen molar-refractivity contribution in [3.63, 3.8) is 0 Å². The van der Waals surface area contributed by atoms with Gasteiger partial charge in [0.2, 0.25) is 10.0 Å². The summed E-state index contributed by atoms with van der Waals surface area (Å²) in [4.78, 5) is 3.71. The fourth-order valence-electron chi connectivity index (χ4n) is 2.49. The first-order valence-electron chi connectivity index (χ1n) is 6.92. The standard InChI is InChI=1S/C14H14ClN3O4S2/c1-23(19,20)18-7-6-10-2-3-11(8-13(10)18)17-24(21,22)12-4-5-14(15)16-9-12/h2-5,8-9,17H,6-7H2,1H3. The molecule has 1 N–H and O–H groups in total. The number of hydrogen-bond acceptors (Lipinski definition) is 5. The summed E-state index contributed by atoms with van der Waals surface area (Å²) in [5, 5.41) is 0.190. The molecule has 0 amide bonds. The third kappa shape index (κ3) is 3.33. The summed E-state index contributed by atoms with van der Waals surface area (Å²) in [6, 6.07) is 7.56. The van der Waals surface area contributed by atoms with Crippen LogP contribution in [-0.2, 0) is 26.5 Å². The topological polar surface area (TPSA) is 96.4 Å². The smallest absolute Gasteiger partial charge is 0.263 e. The second kappa shape index (κ2) is 5.91. The Bertz CT molecular complexity index is 989. The quantitative estimate of drug-likeness (QED) is 0.807. The molecule has 128 valence electrons. The van der Waals surface area contributed by atoms with Crippen molar-refractivity contribution in [1.82, 2.24) is 4.98 Å². The molecule has 1 aliphatic rings. The molecule has 0 bridgehead atoms. The third-order valence-corrected chi connectivity index (χ3v) is 6.37. The van der Waals surface area contributed by atoms with E-state index in [-0.39, 0.29) is 15.7 Å². The molecule has 0 radical (unpaired) electrons. The van der Waals surface area contributed by atoms with E-state index in [1.54, 1.807) is 12.1 Å². The summed E-state index contributed by atoms with van der Waals surface area (Å²) >= 11 is 5.66. The summed E-state index contributed by atoms with van der Waals surface area (Å²) in [6.07, 6.45) is 2.87. The van der Waals surface area contributed by atoms with Crippen LogP contribution in [0.4, 0.5) is 11.4 Å². The number of anilines is 2. The Morgan fingerprint density at radius 2 is 1.92 bits per heavy atom. The van der Waals surface area contributed by atoms with Crippen molar-refractivity contribution in [1.29, 1.82) is 0 Å². The van der Waals surface area contributed by atoms with E-state index >= 15 is 0 Å². The number of nitrogens with one attached hydrogen (secondary N) is 1. The molecule has 1 aromatic heterocycles. The second-order valence-corrected chi connectivity index (χ2v) is 9.33. The maximum Gasteiger partial charge on any atom is 0.263 e. The molecule has 0 spiro atoms. The largest absolute Gasteiger partial charge is 0.280 e. The van der Waals surface area contributed by atoms with E-state index in [0.29, 0.717) is 18.7 Å². The van der Waals surface area contributed by atoms with Crippen LogP contribution in [0.3, 0.4) is 0 Å². The van der Waals surface area contributed by atoms with Gasteiger partial charge in [-0.15, -0.1) is 0 Å². The fraction of sp³-hybridized carbons (Fsp3) is 0.214. The van der Waals surface area contributed by atoms with Gasteiger partial charge in [0.15, 0.2) is 0 Å². The van der Waals surface area contributed by atoms with Crippen molar-refractivity contribution < 1.29 is 16.8 Å². The summed E-state index contributed by atoms with van der Waals surface area (Å²) < 4.78 is 52.0. The highest BCUT2D eigenvalue weighted by Gasteiger charge is 2.27. The number of benzene rings is 1. The molecule has 0 saturated heterocycles. The van der Waals surface area contributed by atoms with Gasteiger partial charge in [-0.05, 0) is 36.2 Å². The molecule has 0 unspecified atom stereocenters. The van der Waals surface area contributed by atoms with Crippen molar-refractivity contribution in [2.75, 3.05) is 21.8 Å². The molecular weight excluding hydrogens is 374 g/mol. The van der Waals surface area contributed by atoms with Crippen LogP contribution in [-0.4, -0.2) is 34.6 Å². The van der Waals surface area contributed by atoms with E-state index in [2.05, 4.69) is 9.71 Å². The minimum absolute atomic E-state index is 0.0348. The van der Waals surface area contributed by atoms with Gasteiger partial charge in [-0.1, -0.05) is 17.7 Å². The van der Waals surface area contributed by atoms with E-state index in [9.17, 15) is 16.8 Å². The molecule has 24 heavy (non-hydrogen) atoms. The average Bonchev–Trinajstić information content (AvgIpc) is 2.90. The van der Waals surface area contributed by atoms with Crippen LogP contribution in [0.2, 0.25) is 5.15 Å². The number of pyridine rings is 1. The highest BCUT2D eigenvalue weighted by Crippen LogP contribution is 2.33. The van der Waals surface area contributed by atoms with Crippen LogP contribution in [0, 0.1) is 0 Å². The van der Waals surface area contributed by atoms with Crippen LogP contribution in [0.25, 0.3) is 0 Å². The zero-order valence-corrected chi connectivity index (χ0v) is 15.0. The van der Waals surface area contributed by atoms with Gasteiger partial charge in [-0.25, -0.2) is 21.8 Å². The van der Waals surface area contributed by atoms with E-state index in [1.165, 1.54) is 22.5 Å². The maximum absolute atomic E-state index is 12.4. The van der Waals surface area contributed by atoms with Gasteiger partial charge in [-0.2, -0.15) is 0 Å². The lowest BCUT2D eigenvalue weighted by atomic mass is 10.1. The molecule has 10 heteroatoms. The van der Waals surface area contributed by atoms with Crippen LogP contribution < -0.4 is 9.03 Å². The molecule has 7 nitrogen and oxygen atoms in total. The minimum atomic E-state index is -3.84. The number of fused-ring (bicyclic) bond motifs is 1.